The number of piperidine rings is 1. The summed E-state index contributed by atoms with van der Waals surface area (Å²) in [5.41, 5.74) is 6.81. The SMILES string of the molecule is C=C/C(=C\C(C)=C(/C)c1cc2ncn(C3CC(C)(C)NC(C)(C)C3)c2nn1)c1cn[nH]c1. The third-order valence-corrected chi connectivity index (χ3v) is 6.28. The first kappa shape index (κ1) is 22.1. The molecule has 1 aliphatic rings. The van der Waals surface area contributed by atoms with Crippen LogP contribution in [0.4, 0.5) is 0 Å². The Labute approximate surface area is 189 Å². The van der Waals surface area contributed by atoms with Crippen LogP contribution in [0.25, 0.3) is 22.3 Å². The maximum Gasteiger partial charge on any atom is 0.182 e. The van der Waals surface area contributed by atoms with Crippen molar-refractivity contribution in [2.75, 3.05) is 0 Å². The van der Waals surface area contributed by atoms with Crippen LogP contribution in [0.15, 0.2) is 49.1 Å². The maximum absolute atomic E-state index is 4.68. The third-order valence-electron chi connectivity index (χ3n) is 6.28. The van der Waals surface area contributed by atoms with Crippen molar-refractivity contribution >= 4 is 22.3 Å². The average Bonchev–Trinajstić information content (AvgIpc) is 3.38. The van der Waals surface area contributed by atoms with Crippen LogP contribution in [0, 0.1) is 0 Å². The summed E-state index contributed by atoms with van der Waals surface area (Å²) >= 11 is 0. The Morgan fingerprint density at radius 3 is 2.50 bits per heavy atom. The molecule has 1 fully saturated rings. The normalized spacial score (nSPS) is 19.8. The van der Waals surface area contributed by atoms with Crippen LogP contribution in [0.5, 0.6) is 0 Å². The molecule has 0 spiro atoms. The summed E-state index contributed by atoms with van der Waals surface area (Å²) in [6.07, 6.45) is 11.5. The molecule has 1 saturated heterocycles. The minimum atomic E-state index is 0.0526. The van der Waals surface area contributed by atoms with Crippen molar-refractivity contribution in [1.29, 1.82) is 0 Å². The molecule has 0 aliphatic carbocycles. The van der Waals surface area contributed by atoms with E-state index in [1.807, 2.05) is 24.7 Å². The van der Waals surface area contributed by atoms with E-state index in [0.29, 0.717) is 6.04 Å². The number of hydrogen-bond donors (Lipinski definition) is 2. The Morgan fingerprint density at radius 2 is 1.88 bits per heavy atom. The summed E-state index contributed by atoms with van der Waals surface area (Å²) in [5, 5.41) is 19.8. The quantitative estimate of drug-likeness (QED) is 0.550. The van der Waals surface area contributed by atoms with Crippen molar-refractivity contribution in [3.63, 3.8) is 0 Å². The molecule has 4 heterocycles. The van der Waals surface area contributed by atoms with Gasteiger partial charge < -0.3 is 9.88 Å². The molecule has 0 aromatic carbocycles. The zero-order valence-electron chi connectivity index (χ0n) is 19.9. The lowest BCUT2D eigenvalue weighted by molar-refractivity contribution is 0.134. The van der Waals surface area contributed by atoms with E-state index >= 15 is 0 Å². The predicted octanol–water partition coefficient (Wildman–Crippen LogP) is 5.09. The van der Waals surface area contributed by atoms with Crippen LogP contribution in [0.1, 0.15) is 71.7 Å². The van der Waals surface area contributed by atoms with Gasteiger partial charge in [0.15, 0.2) is 5.65 Å². The van der Waals surface area contributed by atoms with Gasteiger partial charge in [0.1, 0.15) is 5.52 Å². The molecular weight excluding hydrogens is 398 g/mol. The van der Waals surface area contributed by atoms with Crippen molar-refractivity contribution in [3.05, 3.63) is 60.3 Å². The first-order valence-electron chi connectivity index (χ1n) is 11.1. The summed E-state index contributed by atoms with van der Waals surface area (Å²) in [4.78, 5) is 4.68. The molecule has 32 heavy (non-hydrogen) atoms. The highest BCUT2D eigenvalue weighted by atomic mass is 15.2. The van der Waals surface area contributed by atoms with Crippen molar-refractivity contribution in [2.45, 2.75) is 71.5 Å². The van der Waals surface area contributed by atoms with E-state index < -0.39 is 0 Å². The number of aromatic amines is 1. The van der Waals surface area contributed by atoms with Crippen LogP contribution < -0.4 is 5.32 Å². The minimum Gasteiger partial charge on any atom is -0.311 e. The standard InChI is InChI=1S/C25H33N7/c1-8-18(19-13-27-28-14-19)9-16(2)17(3)21-10-22-23(30-29-21)32(15-26-22)20-11-24(4,5)31-25(6,7)12-20/h8-10,13-15,20,31H,1,11-12H2,2-7H3,(H,27,28)/b17-16+,18-9+. The van der Waals surface area contributed by atoms with Gasteiger partial charge >= 0.3 is 0 Å². The molecule has 0 radical (unpaired) electrons. The summed E-state index contributed by atoms with van der Waals surface area (Å²) in [7, 11) is 0. The minimum absolute atomic E-state index is 0.0526. The number of H-pyrrole nitrogens is 1. The summed E-state index contributed by atoms with van der Waals surface area (Å²) in [6, 6.07) is 2.37. The fraction of sp³-hybridized carbons (Fsp3) is 0.440. The molecule has 0 atom stereocenters. The van der Waals surface area contributed by atoms with Crippen molar-refractivity contribution in [2.24, 2.45) is 0 Å². The highest BCUT2D eigenvalue weighted by Gasteiger charge is 2.38. The molecule has 2 N–H and O–H groups in total. The van der Waals surface area contributed by atoms with E-state index in [2.05, 4.69) is 89.5 Å². The molecule has 3 aromatic rings. The molecule has 0 saturated carbocycles. The van der Waals surface area contributed by atoms with Gasteiger partial charge in [-0.15, -0.1) is 10.2 Å². The first-order chi connectivity index (χ1) is 15.1. The smallest absolute Gasteiger partial charge is 0.182 e. The third kappa shape index (κ3) is 4.43. The number of fused-ring (bicyclic) bond motifs is 1. The number of aromatic nitrogens is 6. The second-order valence-corrected chi connectivity index (χ2v) is 10.1. The predicted molar refractivity (Wildman–Crippen MR) is 130 cm³/mol. The molecule has 0 amide bonds. The lowest BCUT2D eigenvalue weighted by atomic mass is 9.79. The van der Waals surface area contributed by atoms with Gasteiger partial charge in [0, 0.05) is 28.9 Å². The van der Waals surface area contributed by atoms with Crippen LogP contribution in [0.2, 0.25) is 0 Å². The lowest BCUT2D eigenvalue weighted by Gasteiger charge is -2.46. The Balaban J connectivity index is 1.67. The van der Waals surface area contributed by atoms with Crippen molar-refractivity contribution in [3.8, 4) is 0 Å². The average molecular weight is 432 g/mol. The van der Waals surface area contributed by atoms with Crippen LogP contribution >= 0.6 is 0 Å². The van der Waals surface area contributed by atoms with Crippen molar-refractivity contribution < 1.29 is 0 Å². The molecule has 3 aromatic heterocycles. The van der Waals surface area contributed by atoms with Gasteiger partial charge in [0.05, 0.1) is 18.2 Å². The van der Waals surface area contributed by atoms with E-state index in [0.717, 1.165) is 52.0 Å². The number of hydrogen-bond acceptors (Lipinski definition) is 5. The van der Waals surface area contributed by atoms with Crippen LogP contribution in [0.3, 0.4) is 0 Å². The first-order valence-corrected chi connectivity index (χ1v) is 11.1. The van der Waals surface area contributed by atoms with Gasteiger partial charge in [-0.05, 0) is 77.2 Å². The molecule has 7 heteroatoms. The number of allylic oxidation sites excluding steroid dienone is 5. The van der Waals surface area contributed by atoms with Crippen LogP contribution in [-0.4, -0.2) is 41.0 Å². The number of nitrogens with zero attached hydrogens (tertiary/aromatic N) is 5. The molecular formula is C25H33N7. The number of imidazole rings is 1. The largest absolute Gasteiger partial charge is 0.311 e. The summed E-state index contributed by atoms with van der Waals surface area (Å²) in [5.74, 6) is 0. The van der Waals surface area contributed by atoms with E-state index in [-0.39, 0.29) is 11.1 Å². The Morgan fingerprint density at radius 1 is 1.16 bits per heavy atom. The monoisotopic (exact) mass is 431 g/mol. The zero-order valence-corrected chi connectivity index (χ0v) is 19.9. The topological polar surface area (TPSA) is 84.3 Å². The number of rotatable bonds is 5. The maximum atomic E-state index is 4.68. The summed E-state index contributed by atoms with van der Waals surface area (Å²) in [6.45, 7) is 17.1. The Kier molecular flexibility index (Phi) is 5.63. The molecule has 4 rings (SSSR count). The lowest BCUT2D eigenvalue weighted by Crippen LogP contribution is -2.57. The second-order valence-electron chi connectivity index (χ2n) is 10.1. The van der Waals surface area contributed by atoms with E-state index in [4.69, 9.17) is 0 Å². The highest BCUT2D eigenvalue weighted by Crippen LogP contribution is 2.37. The zero-order chi connectivity index (χ0) is 23.1. The highest BCUT2D eigenvalue weighted by molar-refractivity contribution is 5.80. The van der Waals surface area contributed by atoms with Gasteiger partial charge in [0.2, 0.25) is 0 Å². The fourth-order valence-corrected chi connectivity index (χ4v) is 4.96. The van der Waals surface area contributed by atoms with E-state index in [1.54, 1.807) is 6.20 Å². The molecule has 0 bridgehead atoms. The van der Waals surface area contributed by atoms with E-state index in [9.17, 15) is 0 Å². The number of nitrogens with one attached hydrogen (secondary N) is 2. The van der Waals surface area contributed by atoms with Crippen molar-refractivity contribution in [1.82, 2.24) is 35.3 Å². The molecule has 1 aliphatic heterocycles. The summed E-state index contributed by atoms with van der Waals surface area (Å²) < 4.78 is 2.21. The van der Waals surface area contributed by atoms with Gasteiger partial charge in [-0.1, -0.05) is 18.7 Å². The Hall–Kier alpha value is -3.06. The van der Waals surface area contributed by atoms with Crippen LogP contribution in [-0.2, 0) is 0 Å². The molecule has 7 nitrogen and oxygen atoms in total. The van der Waals surface area contributed by atoms with Gasteiger partial charge in [-0.25, -0.2) is 4.98 Å². The van der Waals surface area contributed by atoms with Gasteiger partial charge in [0.25, 0.3) is 0 Å². The second kappa shape index (κ2) is 8.13. The molecule has 168 valence electrons. The van der Waals surface area contributed by atoms with E-state index in [1.165, 1.54) is 0 Å². The molecule has 0 unspecified atom stereocenters. The Bertz CT molecular complexity index is 1180. The van der Waals surface area contributed by atoms with Gasteiger partial charge in [-0.3, -0.25) is 5.10 Å². The fourth-order valence-electron chi connectivity index (χ4n) is 4.96. The van der Waals surface area contributed by atoms with Gasteiger partial charge in [-0.2, -0.15) is 5.10 Å².